The van der Waals surface area contributed by atoms with Crippen molar-refractivity contribution in [3.05, 3.63) is 60.4 Å². The summed E-state index contributed by atoms with van der Waals surface area (Å²) < 4.78 is 0. The Labute approximate surface area is 209 Å². The molecule has 0 bridgehead atoms. The van der Waals surface area contributed by atoms with Crippen LogP contribution in [-0.2, 0) is 14.4 Å². The molecule has 1 saturated heterocycles. The summed E-state index contributed by atoms with van der Waals surface area (Å²) in [6, 6.07) is 13.5. The normalized spacial score (nSPS) is 18.0. The number of hydrogen-bond acceptors (Lipinski definition) is 4. The first-order valence-corrected chi connectivity index (χ1v) is 12.5. The summed E-state index contributed by atoms with van der Waals surface area (Å²) in [5.41, 5.74) is 2.11. The molecule has 3 amide bonds. The van der Waals surface area contributed by atoms with E-state index in [0.717, 1.165) is 24.4 Å². The number of rotatable bonds is 6. The second-order valence-electron chi connectivity index (χ2n) is 9.18. The first kappa shape index (κ1) is 28.0. The van der Waals surface area contributed by atoms with Gasteiger partial charge in [0.05, 0.1) is 6.42 Å². The summed E-state index contributed by atoms with van der Waals surface area (Å²) in [5, 5.41) is 2.92. The van der Waals surface area contributed by atoms with Crippen LogP contribution in [0.1, 0.15) is 57.4 Å². The molecule has 190 valence electrons. The van der Waals surface area contributed by atoms with Crippen LogP contribution in [0.5, 0.6) is 0 Å². The number of nitrogens with zero attached hydrogens (tertiary/aromatic N) is 3. The highest BCUT2D eigenvalue weighted by molar-refractivity contribution is 6.04. The van der Waals surface area contributed by atoms with Gasteiger partial charge in [-0.25, -0.2) is 0 Å². The number of carbonyl (C=O) groups is 3. The molecule has 0 spiro atoms. The van der Waals surface area contributed by atoms with Crippen LogP contribution in [-0.4, -0.2) is 54.3 Å². The number of β-lactam (4-membered cyclic amide) rings is 1. The van der Waals surface area contributed by atoms with Crippen LogP contribution >= 0.6 is 0 Å². The largest absolute Gasteiger partial charge is 0.356 e. The van der Waals surface area contributed by atoms with E-state index < -0.39 is 0 Å². The summed E-state index contributed by atoms with van der Waals surface area (Å²) in [6.07, 6.45) is 12.5. The molecule has 4 rings (SSSR count). The number of pyridine rings is 1. The SMILES string of the molecule is CCC(NC=O)C1CCCCC1.CN(C(=O)C1CC(=O)N1C)c1ccccc1.Cc1ccncc1. The quantitative estimate of drug-likeness (QED) is 0.492. The third-order valence-electron chi connectivity index (χ3n) is 6.78. The van der Waals surface area contributed by atoms with E-state index in [1.54, 1.807) is 31.4 Å². The van der Waals surface area contributed by atoms with Gasteiger partial charge in [0.25, 0.3) is 0 Å². The van der Waals surface area contributed by atoms with Crippen LogP contribution in [0.15, 0.2) is 54.9 Å². The number of para-hydroxylation sites is 1. The maximum absolute atomic E-state index is 12.0. The fourth-order valence-corrected chi connectivity index (χ4v) is 4.40. The molecule has 2 heterocycles. The Morgan fingerprint density at radius 3 is 2.23 bits per heavy atom. The molecule has 1 N–H and O–H groups in total. The van der Waals surface area contributed by atoms with Gasteiger partial charge in [-0.2, -0.15) is 0 Å². The number of nitrogens with one attached hydrogen (secondary N) is 1. The van der Waals surface area contributed by atoms with E-state index in [0.29, 0.717) is 12.5 Å². The van der Waals surface area contributed by atoms with E-state index in [-0.39, 0.29) is 17.9 Å². The van der Waals surface area contributed by atoms with Gasteiger partial charge in [0.15, 0.2) is 0 Å². The Morgan fingerprint density at radius 2 is 1.77 bits per heavy atom. The summed E-state index contributed by atoms with van der Waals surface area (Å²) in [5.74, 6) is 0.738. The standard InChI is InChI=1S/C12H14N2O2.C10H19NO.C6H7N/c1-13(9-6-4-3-5-7-9)12(16)10-8-11(15)14(10)2;1-2-10(11-8-12)9-6-4-3-5-7-9;1-6-2-4-7-5-3-6/h3-7,10H,8H2,1-2H3;8-10H,2-7H2,1H3,(H,11,12);2-5H,1H3. The van der Waals surface area contributed by atoms with Gasteiger partial charge in [0.2, 0.25) is 18.2 Å². The molecule has 2 atom stereocenters. The van der Waals surface area contributed by atoms with Gasteiger partial charge in [0.1, 0.15) is 6.04 Å². The summed E-state index contributed by atoms with van der Waals surface area (Å²) in [7, 11) is 3.39. The lowest BCUT2D eigenvalue weighted by atomic mass is 9.83. The molecule has 7 nitrogen and oxygen atoms in total. The average Bonchev–Trinajstić information content (AvgIpc) is 2.91. The van der Waals surface area contributed by atoms with Crippen molar-refractivity contribution in [3.63, 3.8) is 0 Å². The minimum Gasteiger partial charge on any atom is -0.356 e. The minimum absolute atomic E-state index is 0.0276. The summed E-state index contributed by atoms with van der Waals surface area (Å²) in [4.78, 5) is 40.3. The lowest BCUT2D eigenvalue weighted by molar-refractivity contribution is -0.150. The van der Waals surface area contributed by atoms with E-state index >= 15 is 0 Å². The molecular weight excluding hydrogens is 440 g/mol. The molecule has 2 unspecified atom stereocenters. The highest BCUT2D eigenvalue weighted by atomic mass is 16.2. The molecule has 35 heavy (non-hydrogen) atoms. The van der Waals surface area contributed by atoms with E-state index in [2.05, 4.69) is 17.2 Å². The molecule has 1 aliphatic carbocycles. The van der Waals surface area contributed by atoms with Gasteiger partial charge in [-0.3, -0.25) is 19.4 Å². The third kappa shape index (κ3) is 8.81. The smallest absolute Gasteiger partial charge is 0.250 e. The predicted molar refractivity (Wildman–Crippen MR) is 140 cm³/mol. The van der Waals surface area contributed by atoms with Gasteiger partial charge in [-0.05, 0) is 61.9 Å². The summed E-state index contributed by atoms with van der Waals surface area (Å²) >= 11 is 0. The van der Waals surface area contributed by atoms with Gasteiger partial charge in [-0.1, -0.05) is 44.4 Å². The fraction of sp³-hybridized carbons (Fsp3) is 0.500. The Kier molecular flexibility index (Phi) is 11.9. The van der Waals surface area contributed by atoms with Crippen LogP contribution < -0.4 is 10.2 Å². The maximum atomic E-state index is 12.0. The Balaban J connectivity index is 0.000000200. The minimum atomic E-state index is -0.294. The van der Waals surface area contributed by atoms with Crippen molar-refractivity contribution in [2.45, 2.75) is 70.9 Å². The molecule has 1 aromatic carbocycles. The van der Waals surface area contributed by atoms with Crippen LogP contribution in [0.25, 0.3) is 0 Å². The van der Waals surface area contributed by atoms with Crippen molar-refractivity contribution in [2.24, 2.45) is 5.92 Å². The van der Waals surface area contributed by atoms with Crippen LogP contribution in [0.4, 0.5) is 5.69 Å². The fourth-order valence-electron chi connectivity index (χ4n) is 4.40. The zero-order valence-corrected chi connectivity index (χ0v) is 21.5. The first-order chi connectivity index (χ1) is 16.9. The van der Waals surface area contributed by atoms with Crippen LogP contribution in [0.3, 0.4) is 0 Å². The van der Waals surface area contributed by atoms with Crippen LogP contribution in [0, 0.1) is 12.8 Å². The third-order valence-corrected chi connectivity index (χ3v) is 6.78. The molecule has 2 fully saturated rings. The number of amides is 3. The van der Waals surface area contributed by atoms with Gasteiger partial charge < -0.3 is 15.1 Å². The number of carbonyl (C=O) groups excluding carboxylic acids is 3. The number of likely N-dealkylation sites (tertiary alicyclic amines) is 1. The van der Waals surface area contributed by atoms with Crippen molar-refractivity contribution >= 4 is 23.9 Å². The van der Waals surface area contributed by atoms with Crippen molar-refractivity contribution in [2.75, 3.05) is 19.0 Å². The summed E-state index contributed by atoms with van der Waals surface area (Å²) in [6.45, 7) is 4.19. The molecule has 1 saturated carbocycles. The topological polar surface area (TPSA) is 82.6 Å². The van der Waals surface area contributed by atoms with Gasteiger partial charge in [-0.15, -0.1) is 0 Å². The van der Waals surface area contributed by atoms with Crippen LogP contribution in [0.2, 0.25) is 0 Å². The van der Waals surface area contributed by atoms with E-state index in [1.165, 1.54) is 42.6 Å². The Morgan fingerprint density at radius 1 is 1.14 bits per heavy atom. The molecule has 1 aromatic heterocycles. The molecule has 2 aromatic rings. The molecular formula is C28H40N4O3. The van der Waals surface area contributed by atoms with E-state index in [1.807, 2.05) is 49.4 Å². The van der Waals surface area contributed by atoms with Crippen molar-refractivity contribution < 1.29 is 14.4 Å². The van der Waals surface area contributed by atoms with Crippen molar-refractivity contribution in [3.8, 4) is 0 Å². The second kappa shape index (κ2) is 14.9. The average molecular weight is 481 g/mol. The number of anilines is 1. The Hall–Kier alpha value is -3.22. The molecule has 7 heteroatoms. The monoisotopic (exact) mass is 480 g/mol. The zero-order chi connectivity index (χ0) is 25.6. The number of likely N-dealkylation sites (N-methyl/N-ethyl adjacent to an activating group) is 2. The van der Waals surface area contributed by atoms with E-state index in [4.69, 9.17) is 0 Å². The highest BCUT2D eigenvalue weighted by Crippen LogP contribution is 2.27. The maximum Gasteiger partial charge on any atom is 0.250 e. The number of aryl methyl sites for hydroxylation is 1. The predicted octanol–water partition coefficient (Wildman–Crippen LogP) is 4.36. The number of hydrogen-bond donors (Lipinski definition) is 1. The number of benzene rings is 1. The number of aromatic nitrogens is 1. The molecule has 1 aliphatic heterocycles. The van der Waals surface area contributed by atoms with E-state index in [9.17, 15) is 14.4 Å². The van der Waals surface area contributed by atoms with Gasteiger partial charge in [0, 0.05) is 38.2 Å². The molecule has 2 aliphatic rings. The van der Waals surface area contributed by atoms with Crippen molar-refractivity contribution in [1.29, 1.82) is 0 Å². The highest BCUT2D eigenvalue weighted by Gasteiger charge is 2.39. The Bertz CT molecular complexity index is 901. The zero-order valence-electron chi connectivity index (χ0n) is 21.5. The lowest BCUT2D eigenvalue weighted by Gasteiger charge is -2.38. The molecule has 0 radical (unpaired) electrons. The first-order valence-electron chi connectivity index (χ1n) is 12.5. The second-order valence-corrected chi connectivity index (χ2v) is 9.18. The van der Waals surface area contributed by atoms with Gasteiger partial charge >= 0.3 is 0 Å². The lowest BCUT2D eigenvalue weighted by Crippen LogP contribution is -2.57. The van der Waals surface area contributed by atoms with Crippen molar-refractivity contribution in [1.82, 2.24) is 15.2 Å².